The summed E-state index contributed by atoms with van der Waals surface area (Å²) in [7, 11) is 5.95. The maximum atomic E-state index is 14.5. The average molecular weight is 883 g/mol. The normalized spacial score (nSPS) is 24.6. The molecule has 63 heavy (non-hydrogen) atoms. The number of hydrogen-bond acceptors (Lipinski definition) is 12. The summed E-state index contributed by atoms with van der Waals surface area (Å²) in [6, 6.07) is 6.88. The van der Waals surface area contributed by atoms with Crippen molar-refractivity contribution in [3.05, 3.63) is 52.1 Å². The minimum atomic E-state index is -0.912. The Morgan fingerprint density at radius 1 is 1.06 bits per heavy atom. The number of cyclic esters (lactones) is 1. The second-order valence-corrected chi connectivity index (χ2v) is 20.0. The van der Waals surface area contributed by atoms with Gasteiger partial charge in [-0.05, 0) is 84.8 Å². The first-order valence-electron chi connectivity index (χ1n) is 22.7. The summed E-state index contributed by atoms with van der Waals surface area (Å²) in [5.41, 5.74) is 10.8. The molecule has 0 radical (unpaired) electrons. The molecule has 1 aromatic carbocycles. The Kier molecular flexibility index (Phi) is 13.2. The van der Waals surface area contributed by atoms with E-state index >= 15 is 0 Å². The van der Waals surface area contributed by atoms with Gasteiger partial charge in [0.15, 0.2) is 0 Å². The first-order valence-corrected chi connectivity index (χ1v) is 23.6. The lowest BCUT2D eigenvalue weighted by molar-refractivity contribution is -0.155. The third-order valence-corrected chi connectivity index (χ3v) is 14.3. The highest BCUT2D eigenvalue weighted by Gasteiger charge is 2.38. The van der Waals surface area contributed by atoms with Crippen molar-refractivity contribution in [1.29, 1.82) is 0 Å². The topological polar surface area (TPSA) is 141 Å². The van der Waals surface area contributed by atoms with Gasteiger partial charge in [0.05, 0.1) is 46.7 Å². The Balaban J connectivity index is 1.24. The van der Waals surface area contributed by atoms with Crippen molar-refractivity contribution in [2.45, 2.75) is 104 Å². The summed E-state index contributed by atoms with van der Waals surface area (Å²) in [5, 5.41) is 8.50. The number of methoxy groups -OCH3 is 1. The van der Waals surface area contributed by atoms with E-state index in [0.29, 0.717) is 25.8 Å². The van der Waals surface area contributed by atoms with E-state index in [-0.39, 0.29) is 43.2 Å². The third kappa shape index (κ3) is 9.33. The number of benzene rings is 1. The quantitative estimate of drug-likeness (QED) is 0.235. The number of amides is 3. The number of nitrogens with one attached hydrogen (secondary N) is 2. The predicted octanol–water partition coefficient (Wildman–Crippen LogP) is 5.57. The summed E-state index contributed by atoms with van der Waals surface area (Å²) < 4.78 is 14.6. The molecule has 0 saturated carbocycles. The maximum absolute atomic E-state index is 14.5. The molecule has 2 N–H and O–H groups in total. The molecule has 0 aliphatic carbocycles. The Morgan fingerprint density at radius 2 is 1.81 bits per heavy atom. The van der Waals surface area contributed by atoms with Crippen LogP contribution < -0.4 is 15.6 Å². The molecule has 4 aromatic rings. The zero-order valence-corrected chi connectivity index (χ0v) is 39.4. The van der Waals surface area contributed by atoms with Gasteiger partial charge in [0.1, 0.15) is 12.1 Å². The Hall–Kier alpha value is -4.61. The molecule has 3 fully saturated rings. The molecule has 3 saturated heterocycles. The van der Waals surface area contributed by atoms with Crippen molar-refractivity contribution < 1.29 is 23.9 Å². The van der Waals surface area contributed by atoms with Crippen molar-refractivity contribution in [3.8, 4) is 22.5 Å². The van der Waals surface area contributed by atoms with Gasteiger partial charge < -0.3 is 39.0 Å². The van der Waals surface area contributed by atoms with Gasteiger partial charge in [-0.1, -0.05) is 19.9 Å². The van der Waals surface area contributed by atoms with E-state index in [0.717, 1.165) is 101 Å². The third-order valence-electron chi connectivity index (χ3n) is 13.4. The van der Waals surface area contributed by atoms with Gasteiger partial charge in [-0.25, -0.2) is 15.2 Å². The lowest BCUT2D eigenvalue weighted by atomic mass is 9.84. The number of ether oxygens (including phenoxy) is 2. The molecule has 6 bridgehead atoms. The van der Waals surface area contributed by atoms with Crippen molar-refractivity contribution in [2.75, 3.05) is 78.5 Å². The monoisotopic (exact) mass is 882 g/mol. The standard InChI is InChI=1S/C47H66N10O5S/c1-10-55-40-14-13-32-20-34(40)36(43(55)35-21-33(24-48-42(35)31(4)61-9)54-18-16-52(7)17-19-54)23-47(5,6)28-62-45(59)37-12-11-15-56(51-37)44(58)38(22-41-49-39(32)27-63-41)50-46(60)57-29(2)25-53(8)26-30(57)3/h13-14,20-21,24,27,29-31,37-38,51H,10-12,15-19,22-23,25-26,28H2,1-9H3,(H,50,60)/t29-,30-,31-,37-,38-/m0/s1. The summed E-state index contributed by atoms with van der Waals surface area (Å²) in [6.07, 6.45) is 3.69. The first-order chi connectivity index (χ1) is 30.1. The van der Waals surface area contributed by atoms with E-state index in [1.54, 1.807) is 7.11 Å². The number of carbonyl (C=O) groups excluding carboxylic acids is 3. The number of anilines is 1. The highest BCUT2D eigenvalue weighted by Crippen LogP contribution is 2.43. The van der Waals surface area contributed by atoms with Crippen molar-refractivity contribution in [2.24, 2.45) is 5.41 Å². The fourth-order valence-electron chi connectivity index (χ4n) is 10.0. The number of piperazine rings is 2. The van der Waals surface area contributed by atoms with Crippen LogP contribution in [-0.4, -0.2) is 150 Å². The number of nitrogens with zero attached hydrogens (tertiary/aromatic N) is 8. The van der Waals surface area contributed by atoms with Gasteiger partial charge in [0.2, 0.25) is 0 Å². The molecular weight excluding hydrogens is 817 g/mol. The summed E-state index contributed by atoms with van der Waals surface area (Å²) in [5.74, 6) is -0.702. The largest absolute Gasteiger partial charge is 0.464 e. The number of fused-ring (bicyclic) bond motifs is 6. The zero-order chi connectivity index (χ0) is 44.7. The molecule has 16 heteroatoms. The summed E-state index contributed by atoms with van der Waals surface area (Å²) >= 11 is 1.49. The maximum Gasteiger partial charge on any atom is 0.324 e. The number of thiazole rings is 1. The van der Waals surface area contributed by atoms with E-state index < -0.39 is 23.5 Å². The van der Waals surface area contributed by atoms with E-state index in [2.05, 4.69) is 89.1 Å². The van der Waals surface area contributed by atoms with Crippen LogP contribution in [0.15, 0.2) is 35.8 Å². The highest BCUT2D eigenvalue weighted by molar-refractivity contribution is 7.10. The number of hydrogen-bond donors (Lipinski definition) is 2. The molecule has 0 unspecified atom stereocenters. The van der Waals surface area contributed by atoms with E-state index in [9.17, 15) is 14.4 Å². The molecule has 0 spiro atoms. The fraction of sp³-hybridized carbons (Fsp3) is 0.596. The number of urea groups is 1. The van der Waals surface area contributed by atoms with Crippen LogP contribution in [0.1, 0.15) is 76.8 Å². The molecule has 3 aromatic heterocycles. The minimum absolute atomic E-state index is 0.0361. The van der Waals surface area contributed by atoms with Gasteiger partial charge in [0.25, 0.3) is 5.91 Å². The van der Waals surface area contributed by atoms with E-state index in [4.69, 9.17) is 19.4 Å². The number of aromatic nitrogens is 3. The minimum Gasteiger partial charge on any atom is -0.464 e. The smallest absolute Gasteiger partial charge is 0.324 e. The number of aryl methyl sites for hydroxylation is 1. The molecule has 8 rings (SSSR count). The fourth-order valence-corrected chi connectivity index (χ4v) is 10.9. The van der Waals surface area contributed by atoms with E-state index in [1.807, 2.05) is 37.2 Å². The van der Waals surface area contributed by atoms with Gasteiger partial charge in [-0.2, -0.15) is 0 Å². The second-order valence-electron chi connectivity index (χ2n) is 19.0. The van der Waals surface area contributed by atoms with Gasteiger partial charge >= 0.3 is 12.0 Å². The van der Waals surface area contributed by atoms with Crippen LogP contribution >= 0.6 is 11.3 Å². The van der Waals surface area contributed by atoms with Crippen LogP contribution in [0.25, 0.3) is 33.4 Å². The number of esters is 1. The Bertz CT molecular complexity index is 2310. The summed E-state index contributed by atoms with van der Waals surface area (Å²) in [6.45, 7) is 19.2. The van der Waals surface area contributed by atoms with Gasteiger partial charge in [0, 0.05) is 111 Å². The van der Waals surface area contributed by atoms with Crippen molar-refractivity contribution >= 4 is 45.8 Å². The SMILES string of the molecule is CCn1c(-c2cc(N3CCN(C)CC3)cnc2[C@H](C)OC)c2c3cc(ccc31)-c1csc(n1)C[C@H](NC(=O)N1[C@@H](C)CN(C)C[C@@H]1C)C(=O)N1CCC[C@H](N1)C(=O)OCC(C)(C)C2. The van der Waals surface area contributed by atoms with Crippen LogP contribution in [-0.2, 0) is 38.4 Å². The number of hydrazine groups is 1. The van der Waals surface area contributed by atoms with Crippen LogP contribution in [0.5, 0.6) is 0 Å². The van der Waals surface area contributed by atoms with Crippen LogP contribution in [0.3, 0.4) is 0 Å². The Morgan fingerprint density at radius 3 is 2.52 bits per heavy atom. The molecule has 15 nitrogen and oxygen atoms in total. The summed E-state index contributed by atoms with van der Waals surface area (Å²) in [4.78, 5) is 61.6. The van der Waals surface area contributed by atoms with Crippen molar-refractivity contribution in [1.82, 2.24) is 45.0 Å². The van der Waals surface area contributed by atoms with E-state index in [1.165, 1.54) is 16.3 Å². The van der Waals surface area contributed by atoms with Crippen molar-refractivity contribution in [3.63, 3.8) is 0 Å². The van der Waals surface area contributed by atoms with Crippen LogP contribution in [0, 0.1) is 5.41 Å². The number of pyridine rings is 1. The molecular formula is C47H66N10O5S. The molecule has 3 amide bonds. The molecule has 7 heterocycles. The lowest BCUT2D eigenvalue weighted by Gasteiger charge is -2.43. The number of carbonyl (C=O) groups is 3. The van der Waals surface area contributed by atoms with Gasteiger partial charge in [-0.15, -0.1) is 11.3 Å². The first kappa shape index (κ1) is 45.0. The van der Waals surface area contributed by atoms with Gasteiger partial charge in [-0.3, -0.25) is 19.6 Å². The molecule has 4 aliphatic rings. The molecule has 5 atom stereocenters. The highest BCUT2D eigenvalue weighted by atomic mass is 32.1. The van der Waals surface area contributed by atoms with Crippen LogP contribution in [0.4, 0.5) is 10.5 Å². The number of rotatable bonds is 6. The predicted molar refractivity (Wildman–Crippen MR) is 248 cm³/mol. The molecule has 4 aliphatic heterocycles. The molecule has 340 valence electrons. The lowest BCUT2D eigenvalue weighted by Crippen LogP contribution is -2.64. The Labute approximate surface area is 376 Å². The second kappa shape index (κ2) is 18.5. The van der Waals surface area contributed by atoms with Crippen LogP contribution in [0.2, 0.25) is 0 Å². The zero-order valence-electron chi connectivity index (χ0n) is 38.6. The number of likely N-dealkylation sites (N-methyl/N-ethyl adjacent to an activating group) is 2. The average Bonchev–Trinajstić information content (AvgIpc) is 3.85.